The SMILES string of the molecule is CCOc1ccc2nc(N3C(=O)C(O)=C(C(=O)c4cc5ccccc5o4)C3c3ccc(I)cc3)sc2c1. The third-order valence-corrected chi connectivity index (χ3v) is 7.89. The van der Waals surface area contributed by atoms with Crippen LogP contribution >= 0.6 is 33.9 Å². The minimum Gasteiger partial charge on any atom is -0.503 e. The van der Waals surface area contributed by atoms with Crippen LogP contribution in [0, 0.1) is 3.57 Å². The lowest BCUT2D eigenvalue weighted by atomic mass is 9.95. The molecular weight excluding hydrogens is 603 g/mol. The average molecular weight is 622 g/mol. The van der Waals surface area contributed by atoms with Gasteiger partial charge >= 0.3 is 0 Å². The molecule has 2 aromatic heterocycles. The van der Waals surface area contributed by atoms with E-state index >= 15 is 0 Å². The second-order valence-corrected chi connectivity index (χ2v) is 10.7. The van der Waals surface area contributed by atoms with Gasteiger partial charge in [0.15, 0.2) is 16.7 Å². The number of ether oxygens (including phenoxy) is 1. The van der Waals surface area contributed by atoms with Crippen LogP contribution in [0.2, 0.25) is 0 Å². The summed E-state index contributed by atoms with van der Waals surface area (Å²) in [7, 11) is 0. The minimum atomic E-state index is -0.878. The van der Waals surface area contributed by atoms with E-state index in [1.807, 2.05) is 67.6 Å². The molecule has 6 rings (SSSR count). The van der Waals surface area contributed by atoms with E-state index in [1.54, 1.807) is 12.1 Å². The number of halogens is 1. The van der Waals surface area contributed by atoms with Crippen molar-refractivity contribution in [1.82, 2.24) is 4.98 Å². The van der Waals surface area contributed by atoms with E-state index in [0.717, 1.165) is 13.7 Å². The average Bonchev–Trinajstić information content (AvgIpc) is 3.58. The van der Waals surface area contributed by atoms with Crippen molar-refractivity contribution in [3.63, 3.8) is 0 Å². The molecule has 0 saturated heterocycles. The molecule has 7 nitrogen and oxygen atoms in total. The number of thiazole rings is 1. The lowest BCUT2D eigenvalue weighted by Crippen LogP contribution is -2.30. The Hall–Kier alpha value is -3.70. The molecule has 1 N–H and O–H groups in total. The summed E-state index contributed by atoms with van der Waals surface area (Å²) in [4.78, 5) is 33.3. The number of amides is 1. The van der Waals surface area contributed by atoms with Gasteiger partial charge in [-0.2, -0.15) is 0 Å². The van der Waals surface area contributed by atoms with Crippen LogP contribution in [0.1, 0.15) is 29.1 Å². The Labute approximate surface area is 229 Å². The number of aliphatic hydroxyl groups excluding tert-OH is 1. The van der Waals surface area contributed by atoms with Crippen molar-refractivity contribution in [2.45, 2.75) is 13.0 Å². The molecule has 0 bridgehead atoms. The molecule has 37 heavy (non-hydrogen) atoms. The number of aromatic nitrogens is 1. The van der Waals surface area contributed by atoms with E-state index in [-0.39, 0.29) is 11.3 Å². The van der Waals surface area contributed by atoms with Crippen molar-refractivity contribution >= 4 is 71.9 Å². The monoisotopic (exact) mass is 622 g/mol. The highest BCUT2D eigenvalue weighted by atomic mass is 127. The predicted molar refractivity (Wildman–Crippen MR) is 150 cm³/mol. The van der Waals surface area contributed by atoms with E-state index in [2.05, 4.69) is 27.6 Å². The van der Waals surface area contributed by atoms with Gasteiger partial charge in [-0.25, -0.2) is 4.98 Å². The zero-order chi connectivity index (χ0) is 25.7. The third kappa shape index (κ3) is 4.08. The van der Waals surface area contributed by atoms with E-state index in [9.17, 15) is 14.7 Å². The van der Waals surface area contributed by atoms with Crippen LogP contribution in [0.5, 0.6) is 5.75 Å². The second-order valence-electron chi connectivity index (χ2n) is 8.43. The van der Waals surface area contributed by atoms with E-state index in [1.165, 1.54) is 16.2 Å². The van der Waals surface area contributed by atoms with Crippen molar-refractivity contribution in [3.05, 3.63) is 99.0 Å². The first-order valence-corrected chi connectivity index (χ1v) is 13.4. The van der Waals surface area contributed by atoms with Gasteiger partial charge in [0.2, 0.25) is 5.78 Å². The van der Waals surface area contributed by atoms with E-state index in [4.69, 9.17) is 9.15 Å². The number of fused-ring (bicyclic) bond motifs is 2. The Morgan fingerprint density at radius 2 is 1.92 bits per heavy atom. The van der Waals surface area contributed by atoms with Gasteiger partial charge < -0.3 is 14.3 Å². The predicted octanol–water partition coefficient (Wildman–Crippen LogP) is 6.83. The number of furan rings is 1. The topological polar surface area (TPSA) is 92.9 Å². The number of carbonyl (C=O) groups excluding carboxylic acids is 2. The number of carbonyl (C=O) groups is 2. The lowest BCUT2D eigenvalue weighted by molar-refractivity contribution is -0.117. The number of rotatable bonds is 6. The Kier molecular flexibility index (Phi) is 5.96. The standard InChI is InChI=1S/C28H19IN2O5S/c1-2-35-18-11-12-19-22(14-18)37-28(30-19)31-24(15-7-9-17(29)10-8-15)23(26(33)27(31)34)25(32)21-13-16-5-3-4-6-20(16)36-21/h3-14,24,33H,2H2,1H3. The van der Waals surface area contributed by atoms with Gasteiger partial charge in [-0.1, -0.05) is 41.7 Å². The number of hydrogen-bond donors (Lipinski definition) is 1. The number of nitrogens with zero attached hydrogens (tertiary/aromatic N) is 2. The Morgan fingerprint density at radius 1 is 1.14 bits per heavy atom. The van der Waals surface area contributed by atoms with Gasteiger partial charge in [0, 0.05) is 8.96 Å². The molecule has 5 aromatic rings. The molecule has 0 radical (unpaired) electrons. The number of Topliss-reactive ketones (excluding diaryl/α,β-unsaturated/α-hetero) is 1. The van der Waals surface area contributed by atoms with Crippen molar-refractivity contribution in [3.8, 4) is 5.75 Å². The first-order valence-electron chi connectivity index (χ1n) is 11.5. The first kappa shape index (κ1) is 23.7. The molecule has 184 valence electrons. The summed E-state index contributed by atoms with van der Waals surface area (Å²) in [5.74, 6) is -1.09. The number of para-hydroxylation sites is 1. The molecule has 0 spiro atoms. The maximum Gasteiger partial charge on any atom is 0.296 e. The Bertz CT molecular complexity index is 1690. The van der Waals surface area contributed by atoms with Crippen LogP contribution in [0.4, 0.5) is 5.13 Å². The Morgan fingerprint density at radius 3 is 2.68 bits per heavy atom. The highest BCUT2D eigenvalue weighted by molar-refractivity contribution is 14.1. The van der Waals surface area contributed by atoms with Gasteiger partial charge in [0.1, 0.15) is 11.3 Å². The molecule has 1 aliphatic rings. The minimum absolute atomic E-state index is 0.0421. The van der Waals surface area contributed by atoms with Gasteiger partial charge in [0.05, 0.1) is 28.4 Å². The number of hydrogen-bond acceptors (Lipinski definition) is 7. The quantitative estimate of drug-likeness (QED) is 0.165. The number of benzene rings is 3. The highest BCUT2D eigenvalue weighted by Crippen LogP contribution is 2.45. The van der Waals surface area contributed by atoms with Crippen LogP contribution in [0.15, 0.2) is 88.5 Å². The molecule has 0 saturated carbocycles. The first-order chi connectivity index (χ1) is 17.9. The third-order valence-electron chi connectivity index (χ3n) is 6.15. The summed E-state index contributed by atoms with van der Waals surface area (Å²) in [6, 6.07) is 21.0. The van der Waals surface area contributed by atoms with Crippen LogP contribution in [-0.2, 0) is 4.79 Å². The second kappa shape index (κ2) is 9.31. The molecule has 0 fully saturated rings. The molecular formula is C28H19IN2O5S. The van der Waals surface area contributed by atoms with Crippen LogP contribution < -0.4 is 9.64 Å². The van der Waals surface area contributed by atoms with Crippen LogP contribution in [0.3, 0.4) is 0 Å². The van der Waals surface area contributed by atoms with Crippen LogP contribution in [0.25, 0.3) is 21.2 Å². The van der Waals surface area contributed by atoms with Gasteiger partial charge in [-0.15, -0.1) is 0 Å². The summed E-state index contributed by atoms with van der Waals surface area (Å²) >= 11 is 3.49. The van der Waals surface area contributed by atoms with Crippen molar-refractivity contribution in [2.75, 3.05) is 11.5 Å². The highest BCUT2D eigenvalue weighted by Gasteiger charge is 2.46. The summed E-state index contributed by atoms with van der Waals surface area (Å²) < 4.78 is 13.2. The van der Waals surface area contributed by atoms with E-state index in [0.29, 0.717) is 34.2 Å². The summed E-state index contributed by atoms with van der Waals surface area (Å²) in [6.07, 6.45) is 0. The zero-order valence-electron chi connectivity index (χ0n) is 19.5. The number of ketones is 1. The van der Waals surface area contributed by atoms with Gasteiger partial charge in [-0.3, -0.25) is 14.5 Å². The largest absolute Gasteiger partial charge is 0.503 e. The lowest BCUT2D eigenvalue weighted by Gasteiger charge is -2.24. The molecule has 1 aliphatic heterocycles. The maximum absolute atomic E-state index is 13.8. The van der Waals surface area contributed by atoms with Crippen LogP contribution in [-0.4, -0.2) is 28.4 Å². The molecule has 1 atom stereocenters. The molecule has 3 heterocycles. The molecule has 3 aromatic carbocycles. The molecule has 1 amide bonds. The molecule has 1 unspecified atom stereocenters. The smallest absolute Gasteiger partial charge is 0.296 e. The summed E-state index contributed by atoms with van der Waals surface area (Å²) in [5.41, 5.74) is 1.87. The number of anilines is 1. The van der Waals surface area contributed by atoms with E-state index < -0.39 is 23.5 Å². The van der Waals surface area contributed by atoms with Crippen molar-refractivity contribution in [2.24, 2.45) is 0 Å². The van der Waals surface area contributed by atoms with Gasteiger partial charge in [0.25, 0.3) is 5.91 Å². The fourth-order valence-corrected chi connectivity index (χ4v) is 5.85. The molecule has 9 heteroatoms. The zero-order valence-corrected chi connectivity index (χ0v) is 22.4. The maximum atomic E-state index is 13.8. The fourth-order valence-electron chi connectivity index (χ4n) is 4.47. The van der Waals surface area contributed by atoms with Crippen molar-refractivity contribution < 1.29 is 23.8 Å². The van der Waals surface area contributed by atoms with Gasteiger partial charge in [-0.05, 0) is 77.5 Å². The number of aliphatic hydroxyl groups is 1. The molecule has 0 aliphatic carbocycles. The fraction of sp³-hybridized carbons (Fsp3) is 0.107. The Balaban J connectivity index is 1.48. The van der Waals surface area contributed by atoms with Crippen molar-refractivity contribution in [1.29, 1.82) is 0 Å². The summed E-state index contributed by atoms with van der Waals surface area (Å²) in [6.45, 7) is 2.44. The summed E-state index contributed by atoms with van der Waals surface area (Å²) in [5, 5.41) is 12.2. The normalized spacial score (nSPS) is 15.8.